The summed E-state index contributed by atoms with van der Waals surface area (Å²) in [4.78, 5) is 18.2. The van der Waals surface area contributed by atoms with Crippen LogP contribution in [0, 0.1) is 17.0 Å². The molecule has 0 amide bonds. The standard InChI is InChI=1S/C11H11BrN6O2/c1-6-7(12)3-2-4-8(6)16-10-9(18(19)20)11(17-13)15-5-14-10/h2-5H,13H2,1H3,(H2,14,15,16,17). The van der Waals surface area contributed by atoms with Crippen molar-refractivity contribution < 1.29 is 4.92 Å². The van der Waals surface area contributed by atoms with E-state index in [-0.39, 0.29) is 17.3 Å². The molecule has 1 heterocycles. The lowest BCUT2D eigenvalue weighted by molar-refractivity contribution is -0.383. The van der Waals surface area contributed by atoms with Gasteiger partial charge in [0.15, 0.2) is 0 Å². The van der Waals surface area contributed by atoms with Crippen LogP contribution < -0.4 is 16.6 Å². The van der Waals surface area contributed by atoms with Gasteiger partial charge in [0.05, 0.1) is 4.92 Å². The number of nitrogens with two attached hydrogens (primary N) is 1. The monoisotopic (exact) mass is 338 g/mol. The van der Waals surface area contributed by atoms with Crippen molar-refractivity contribution in [1.29, 1.82) is 0 Å². The van der Waals surface area contributed by atoms with E-state index in [4.69, 9.17) is 5.84 Å². The first-order chi connectivity index (χ1) is 9.54. The van der Waals surface area contributed by atoms with Gasteiger partial charge in [0.25, 0.3) is 0 Å². The quantitative estimate of drug-likeness (QED) is 0.445. The predicted octanol–water partition coefficient (Wildman–Crippen LogP) is 2.48. The van der Waals surface area contributed by atoms with Gasteiger partial charge in [0.2, 0.25) is 11.6 Å². The first kappa shape index (κ1) is 14.2. The normalized spacial score (nSPS) is 10.2. The van der Waals surface area contributed by atoms with Crippen LogP contribution in [0.4, 0.5) is 23.0 Å². The van der Waals surface area contributed by atoms with Crippen molar-refractivity contribution in [3.05, 3.63) is 44.7 Å². The second-order valence-corrected chi connectivity index (χ2v) is 4.71. The van der Waals surface area contributed by atoms with Crippen molar-refractivity contribution in [3.8, 4) is 0 Å². The van der Waals surface area contributed by atoms with Gasteiger partial charge in [-0.3, -0.25) is 10.1 Å². The third-order valence-corrected chi connectivity index (χ3v) is 3.52. The lowest BCUT2D eigenvalue weighted by Crippen LogP contribution is -2.13. The number of hydrogen-bond acceptors (Lipinski definition) is 7. The van der Waals surface area contributed by atoms with Crippen LogP contribution in [0.1, 0.15) is 5.56 Å². The van der Waals surface area contributed by atoms with E-state index >= 15 is 0 Å². The zero-order chi connectivity index (χ0) is 14.7. The lowest BCUT2D eigenvalue weighted by atomic mass is 10.2. The van der Waals surface area contributed by atoms with Gasteiger partial charge in [-0.15, -0.1) is 0 Å². The minimum atomic E-state index is -0.592. The summed E-state index contributed by atoms with van der Waals surface area (Å²) >= 11 is 3.40. The zero-order valence-corrected chi connectivity index (χ0v) is 12.0. The summed E-state index contributed by atoms with van der Waals surface area (Å²) in [5, 5.41) is 14.0. The molecule has 0 aliphatic carbocycles. The maximum Gasteiger partial charge on any atom is 0.354 e. The van der Waals surface area contributed by atoms with Crippen LogP contribution >= 0.6 is 15.9 Å². The van der Waals surface area contributed by atoms with E-state index in [0.717, 1.165) is 10.0 Å². The summed E-state index contributed by atoms with van der Waals surface area (Å²) in [5.41, 5.74) is 3.48. The number of nitrogens with one attached hydrogen (secondary N) is 2. The van der Waals surface area contributed by atoms with Gasteiger partial charge in [0.1, 0.15) is 6.33 Å². The van der Waals surface area contributed by atoms with Gasteiger partial charge in [-0.1, -0.05) is 22.0 Å². The molecule has 20 heavy (non-hydrogen) atoms. The molecule has 8 nitrogen and oxygen atoms in total. The van der Waals surface area contributed by atoms with E-state index in [1.807, 2.05) is 19.1 Å². The Hall–Kier alpha value is -2.26. The molecule has 4 N–H and O–H groups in total. The Kier molecular flexibility index (Phi) is 4.11. The first-order valence-electron chi connectivity index (χ1n) is 5.52. The van der Waals surface area contributed by atoms with E-state index in [1.54, 1.807) is 6.07 Å². The summed E-state index contributed by atoms with van der Waals surface area (Å²) in [6, 6.07) is 5.48. The molecule has 0 unspecified atom stereocenters. The van der Waals surface area contributed by atoms with Crippen LogP contribution in [0.3, 0.4) is 0 Å². The maximum atomic E-state index is 11.1. The van der Waals surface area contributed by atoms with Crippen LogP contribution in [0.2, 0.25) is 0 Å². The van der Waals surface area contributed by atoms with Gasteiger partial charge < -0.3 is 10.7 Å². The van der Waals surface area contributed by atoms with Gasteiger partial charge in [0, 0.05) is 10.2 Å². The predicted molar refractivity (Wildman–Crippen MR) is 78.7 cm³/mol. The number of nitrogens with zero attached hydrogens (tertiary/aromatic N) is 3. The SMILES string of the molecule is Cc1c(Br)cccc1Nc1ncnc(NN)c1[N+](=O)[O-]. The van der Waals surface area contributed by atoms with Crippen molar-refractivity contribution >= 4 is 38.9 Å². The molecule has 0 bridgehead atoms. The summed E-state index contributed by atoms with van der Waals surface area (Å²) < 4.78 is 0.886. The molecule has 0 aliphatic rings. The van der Waals surface area contributed by atoms with Crippen molar-refractivity contribution in [1.82, 2.24) is 9.97 Å². The fourth-order valence-corrected chi connectivity index (χ4v) is 1.99. The molecule has 0 fully saturated rings. The van der Waals surface area contributed by atoms with Crippen molar-refractivity contribution in [2.75, 3.05) is 10.7 Å². The molecule has 2 aromatic rings. The molecule has 0 saturated carbocycles. The van der Waals surface area contributed by atoms with Crippen LogP contribution in [0.5, 0.6) is 0 Å². The number of halogens is 1. The van der Waals surface area contributed by atoms with Crippen LogP contribution in [-0.2, 0) is 0 Å². The Balaban J connectivity index is 2.48. The van der Waals surface area contributed by atoms with E-state index < -0.39 is 4.92 Å². The average molecular weight is 339 g/mol. The molecular formula is C11H11BrN6O2. The van der Waals surface area contributed by atoms with Gasteiger partial charge >= 0.3 is 5.69 Å². The Morgan fingerprint density at radius 3 is 2.70 bits per heavy atom. The Labute approximate surface area is 122 Å². The highest BCUT2D eigenvalue weighted by molar-refractivity contribution is 9.10. The minimum absolute atomic E-state index is 0.0554. The number of aromatic nitrogens is 2. The van der Waals surface area contributed by atoms with Crippen LogP contribution in [0.15, 0.2) is 29.0 Å². The zero-order valence-electron chi connectivity index (χ0n) is 10.4. The molecule has 0 atom stereocenters. The number of hydrogen-bond donors (Lipinski definition) is 3. The number of hydrazine groups is 1. The Morgan fingerprint density at radius 1 is 1.35 bits per heavy atom. The van der Waals surface area contributed by atoms with Crippen molar-refractivity contribution in [3.63, 3.8) is 0 Å². The molecular weight excluding hydrogens is 328 g/mol. The number of nitrogen functional groups attached to an aromatic ring is 1. The van der Waals surface area contributed by atoms with Crippen molar-refractivity contribution in [2.24, 2.45) is 5.84 Å². The molecule has 104 valence electrons. The topological polar surface area (TPSA) is 119 Å². The third kappa shape index (κ3) is 2.68. The molecule has 0 radical (unpaired) electrons. The fourth-order valence-electron chi connectivity index (χ4n) is 1.62. The highest BCUT2D eigenvalue weighted by Gasteiger charge is 2.22. The molecule has 2 rings (SSSR count). The van der Waals surface area contributed by atoms with E-state index in [2.05, 4.69) is 36.6 Å². The van der Waals surface area contributed by atoms with Gasteiger partial charge in [-0.25, -0.2) is 15.8 Å². The van der Waals surface area contributed by atoms with Crippen molar-refractivity contribution in [2.45, 2.75) is 6.92 Å². The summed E-state index contributed by atoms with van der Waals surface area (Å²) in [5.74, 6) is 5.24. The second kappa shape index (κ2) is 5.80. The molecule has 0 aliphatic heterocycles. The molecule has 1 aromatic heterocycles. The van der Waals surface area contributed by atoms with Gasteiger partial charge in [-0.05, 0) is 24.6 Å². The third-order valence-electron chi connectivity index (χ3n) is 2.66. The smallest absolute Gasteiger partial charge is 0.334 e. The maximum absolute atomic E-state index is 11.1. The lowest BCUT2D eigenvalue weighted by Gasteiger charge is -2.11. The summed E-state index contributed by atoms with van der Waals surface area (Å²) in [6.45, 7) is 1.88. The fraction of sp³-hybridized carbons (Fsp3) is 0.0909. The van der Waals surface area contributed by atoms with E-state index in [0.29, 0.717) is 5.69 Å². The number of nitro groups is 1. The minimum Gasteiger partial charge on any atom is -0.334 e. The Bertz CT molecular complexity index is 663. The molecule has 9 heteroatoms. The Morgan fingerprint density at radius 2 is 2.05 bits per heavy atom. The highest BCUT2D eigenvalue weighted by atomic mass is 79.9. The number of benzene rings is 1. The number of anilines is 3. The second-order valence-electron chi connectivity index (χ2n) is 3.86. The molecule has 1 aromatic carbocycles. The van der Waals surface area contributed by atoms with E-state index in [9.17, 15) is 10.1 Å². The largest absolute Gasteiger partial charge is 0.354 e. The molecule has 0 spiro atoms. The van der Waals surface area contributed by atoms with Gasteiger partial charge in [-0.2, -0.15) is 0 Å². The summed E-state index contributed by atoms with van der Waals surface area (Å²) in [7, 11) is 0. The molecule has 0 saturated heterocycles. The first-order valence-corrected chi connectivity index (χ1v) is 6.32. The van der Waals surface area contributed by atoms with E-state index in [1.165, 1.54) is 6.33 Å². The van der Waals surface area contributed by atoms with Crippen LogP contribution in [0.25, 0.3) is 0 Å². The summed E-state index contributed by atoms with van der Waals surface area (Å²) in [6.07, 6.45) is 1.19. The number of rotatable bonds is 4. The highest BCUT2D eigenvalue weighted by Crippen LogP contribution is 2.32. The van der Waals surface area contributed by atoms with Crippen LogP contribution in [-0.4, -0.2) is 14.9 Å². The average Bonchev–Trinajstić information content (AvgIpc) is 2.43.